The maximum absolute atomic E-state index is 10.1. The van der Waals surface area contributed by atoms with Gasteiger partial charge in [-0.1, -0.05) is 26.0 Å². The van der Waals surface area contributed by atoms with Crippen molar-refractivity contribution in [1.29, 1.82) is 0 Å². The largest absolute Gasteiger partial charge is 0.508 e. The fourth-order valence-corrected chi connectivity index (χ4v) is 2.99. The van der Waals surface area contributed by atoms with Crippen LogP contribution in [0, 0.1) is 5.41 Å². The van der Waals surface area contributed by atoms with E-state index in [9.17, 15) is 10.2 Å². The molecule has 1 aliphatic heterocycles. The van der Waals surface area contributed by atoms with Crippen molar-refractivity contribution in [3.8, 4) is 17.2 Å². The van der Waals surface area contributed by atoms with E-state index in [0.29, 0.717) is 5.56 Å². The molecule has 3 N–H and O–H groups in total. The summed E-state index contributed by atoms with van der Waals surface area (Å²) in [5, 5.41) is 24.0. The monoisotopic (exact) mass is 312 g/mol. The van der Waals surface area contributed by atoms with Crippen molar-refractivity contribution in [3.63, 3.8) is 0 Å². The van der Waals surface area contributed by atoms with Crippen molar-refractivity contribution < 1.29 is 14.9 Å². The minimum atomic E-state index is -0.330. The Balaban J connectivity index is 1.94. The molecule has 2 aromatic rings. The second-order valence-corrected chi connectivity index (χ2v) is 6.22. The van der Waals surface area contributed by atoms with Crippen LogP contribution in [0.5, 0.6) is 17.2 Å². The minimum Gasteiger partial charge on any atom is -0.508 e. The number of nitrogens with one attached hydrogen (secondary N) is 1. The highest BCUT2D eigenvalue weighted by Crippen LogP contribution is 2.43. The van der Waals surface area contributed by atoms with Crippen LogP contribution in [0.15, 0.2) is 47.6 Å². The van der Waals surface area contributed by atoms with Crippen LogP contribution in [0.25, 0.3) is 0 Å². The Morgan fingerprint density at radius 3 is 2.39 bits per heavy atom. The number of methoxy groups -OCH3 is 1. The average molecular weight is 312 g/mol. The van der Waals surface area contributed by atoms with Crippen LogP contribution >= 0.6 is 0 Å². The Morgan fingerprint density at radius 2 is 1.78 bits per heavy atom. The molecule has 5 heteroatoms. The van der Waals surface area contributed by atoms with Gasteiger partial charge in [-0.3, -0.25) is 0 Å². The third-order valence-corrected chi connectivity index (χ3v) is 4.32. The second-order valence-electron chi connectivity index (χ2n) is 6.22. The van der Waals surface area contributed by atoms with E-state index in [0.717, 1.165) is 17.0 Å². The first-order valence-electron chi connectivity index (χ1n) is 7.43. The SMILES string of the molecule is COc1ccc(C2NN=C(c3ccc(O)cc3O)C2(C)C)cc1. The number of nitrogens with zero attached hydrogens (tertiary/aromatic N) is 1. The maximum Gasteiger partial charge on any atom is 0.128 e. The van der Waals surface area contributed by atoms with Crippen LogP contribution in [0.3, 0.4) is 0 Å². The fraction of sp³-hybridized carbons (Fsp3) is 0.278. The van der Waals surface area contributed by atoms with Gasteiger partial charge >= 0.3 is 0 Å². The number of phenols is 2. The van der Waals surface area contributed by atoms with E-state index in [1.165, 1.54) is 6.07 Å². The fourth-order valence-electron chi connectivity index (χ4n) is 2.99. The van der Waals surface area contributed by atoms with Crippen molar-refractivity contribution in [1.82, 2.24) is 5.43 Å². The molecular weight excluding hydrogens is 292 g/mol. The van der Waals surface area contributed by atoms with Crippen molar-refractivity contribution in [2.45, 2.75) is 19.9 Å². The standard InChI is InChI=1S/C18H20N2O3/c1-18(2)16(11-4-7-13(23-3)8-5-11)19-20-17(18)14-9-6-12(21)10-15(14)22/h4-10,16,19,21-22H,1-3H3. The molecule has 0 aliphatic carbocycles. The Kier molecular flexibility index (Phi) is 3.64. The molecule has 0 aromatic heterocycles. The molecule has 23 heavy (non-hydrogen) atoms. The Morgan fingerprint density at radius 1 is 1.09 bits per heavy atom. The van der Waals surface area contributed by atoms with Gasteiger partial charge < -0.3 is 20.4 Å². The lowest BCUT2D eigenvalue weighted by atomic mass is 9.75. The molecule has 3 rings (SSSR count). The smallest absolute Gasteiger partial charge is 0.128 e. The Bertz CT molecular complexity index is 751. The van der Waals surface area contributed by atoms with Crippen LogP contribution in [-0.2, 0) is 0 Å². The van der Waals surface area contributed by atoms with Gasteiger partial charge in [-0.2, -0.15) is 5.10 Å². The number of aromatic hydroxyl groups is 2. The Labute approximate surface area is 135 Å². The third kappa shape index (κ3) is 2.59. The molecule has 1 unspecified atom stereocenters. The first-order valence-corrected chi connectivity index (χ1v) is 7.43. The number of hydrogen-bond donors (Lipinski definition) is 3. The molecule has 0 saturated carbocycles. The number of hydrogen-bond acceptors (Lipinski definition) is 5. The summed E-state index contributed by atoms with van der Waals surface area (Å²) in [5.74, 6) is 0.859. The zero-order chi connectivity index (χ0) is 16.6. The molecule has 1 atom stereocenters. The van der Waals surface area contributed by atoms with Gasteiger partial charge in [0.25, 0.3) is 0 Å². The molecule has 5 nitrogen and oxygen atoms in total. The summed E-state index contributed by atoms with van der Waals surface area (Å²) < 4.78 is 5.20. The lowest BCUT2D eigenvalue weighted by molar-refractivity contribution is 0.384. The molecule has 0 spiro atoms. The second kappa shape index (κ2) is 5.50. The van der Waals surface area contributed by atoms with Crippen LogP contribution in [0.2, 0.25) is 0 Å². The van der Waals surface area contributed by atoms with Crippen molar-refractivity contribution in [2.24, 2.45) is 10.5 Å². The normalized spacial score (nSPS) is 19.1. The maximum atomic E-state index is 10.1. The van der Waals surface area contributed by atoms with Crippen molar-refractivity contribution in [2.75, 3.05) is 7.11 Å². The van der Waals surface area contributed by atoms with Crippen LogP contribution < -0.4 is 10.2 Å². The van der Waals surface area contributed by atoms with E-state index in [2.05, 4.69) is 24.4 Å². The van der Waals surface area contributed by atoms with Crippen LogP contribution in [-0.4, -0.2) is 23.0 Å². The zero-order valence-corrected chi connectivity index (χ0v) is 13.4. The van der Waals surface area contributed by atoms with Gasteiger partial charge in [-0.05, 0) is 29.8 Å². The molecular formula is C18H20N2O3. The van der Waals surface area contributed by atoms with E-state index >= 15 is 0 Å². The predicted molar refractivity (Wildman–Crippen MR) is 89.0 cm³/mol. The van der Waals surface area contributed by atoms with E-state index < -0.39 is 0 Å². The van der Waals surface area contributed by atoms with Gasteiger partial charge in [-0.15, -0.1) is 0 Å². The van der Waals surface area contributed by atoms with Crippen molar-refractivity contribution in [3.05, 3.63) is 53.6 Å². The Hall–Kier alpha value is -2.69. The van der Waals surface area contributed by atoms with Gasteiger partial charge in [0.15, 0.2) is 0 Å². The molecule has 0 amide bonds. The number of phenolic OH excluding ortho intramolecular Hbond substituents is 2. The molecule has 0 fully saturated rings. The molecule has 120 valence electrons. The van der Waals surface area contributed by atoms with E-state index in [1.807, 2.05) is 24.3 Å². The predicted octanol–water partition coefficient (Wildman–Crippen LogP) is 3.18. The average Bonchev–Trinajstić information content (AvgIpc) is 2.83. The van der Waals surface area contributed by atoms with Gasteiger partial charge in [0.1, 0.15) is 17.2 Å². The van der Waals surface area contributed by atoms with Crippen LogP contribution in [0.4, 0.5) is 0 Å². The quantitative estimate of drug-likeness (QED) is 0.814. The lowest BCUT2D eigenvalue weighted by Crippen LogP contribution is -2.30. The number of benzene rings is 2. The summed E-state index contributed by atoms with van der Waals surface area (Å²) >= 11 is 0. The summed E-state index contributed by atoms with van der Waals surface area (Å²) in [6.07, 6.45) is 0. The van der Waals surface area contributed by atoms with Crippen molar-refractivity contribution >= 4 is 5.71 Å². The summed E-state index contributed by atoms with van der Waals surface area (Å²) in [7, 11) is 1.64. The summed E-state index contributed by atoms with van der Waals surface area (Å²) in [6, 6.07) is 12.4. The minimum absolute atomic E-state index is 0.0170. The molecule has 0 bridgehead atoms. The molecule has 0 saturated heterocycles. The van der Waals surface area contributed by atoms with Crippen LogP contribution in [0.1, 0.15) is 31.0 Å². The third-order valence-electron chi connectivity index (χ3n) is 4.32. The van der Waals surface area contributed by atoms with E-state index in [1.54, 1.807) is 19.2 Å². The van der Waals surface area contributed by atoms with Gasteiger partial charge in [-0.25, -0.2) is 0 Å². The number of hydrazone groups is 1. The van der Waals surface area contributed by atoms with E-state index in [4.69, 9.17) is 4.74 Å². The first kappa shape index (κ1) is 15.2. The first-order chi connectivity index (χ1) is 10.9. The molecule has 2 aromatic carbocycles. The highest BCUT2D eigenvalue weighted by Gasteiger charge is 2.41. The number of rotatable bonds is 3. The summed E-state index contributed by atoms with van der Waals surface area (Å²) in [4.78, 5) is 0. The lowest BCUT2D eigenvalue weighted by Gasteiger charge is -2.28. The topological polar surface area (TPSA) is 74.1 Å². The highest BCUT2D eigenvalue weighted by atomic mass is 16.5. The van der Waals surface area contributed by atoms with Gasteiger partial charge in [0.05, 0.1) is 18.9 Å². The van der Waals surface area contributed by atoms with E-state index in [-0.39, 0.29) is 23.0 Å². The highest BCUT2D eigenvalue weighted by molar-refractivity contribution is 6.07. The summed E-state index contributed by atoms with van der Waals surface area (Å²) in [6.45, 7) is 4.15. The summed E-state index contributed by atoms with van der Waals surface area (Å²) in [5.41, 5.74) is 5.31. The molecule has 0 radical (unpaired) electrons. The van der Waals surface area contributed by atoms with Gasteiger partial charge in [0, 0.05) is 17.0 Å². The zero-order valence-electron chi connectivity index (χ0n) is 13.4. The number of ether oxygens (including phenoxy) is 1. The molecule has 1 aliphatic rings. The molecule has 1 heterocycles. The van der Waals surface area contributed by atoms with Gasteiger partial charge in [0.2, 0.25) is 0 Å².